The molecule has 1 aliphatic carbocycles. The maximum absolute atomic E-state index is 11.0. The van der Waals surface area contributed by atoms with Gasteiger partial charge in [0.1, 0.15) is 0 Å². The number of amides is 1. The van der Waals surface area contributed by atoms with Gasteiger partial charge in [0.2, 0.25) is 0 Å². The van der Waals surface area contributed by atoms with Gasteiger partial charge in [-0.25, -0.2) is 4.79 Å². The van der Waals surface area contributed by atoms with Crippen molar-refractivity contribution in [1.82, 2.24) is 0 Å². The van der Waals surface area contributed by atoms with E-state index in [-0.39, 0.29) is 0 Å². The largest absolute Gasteiger partial charge is 0.474 e. The smallest absolute Gasteiger partial charge is 0.394 e. The van der Waals surface area contributed by atoms with Gasteiger partial charge in [-0.05, 0) is 36.5 Å². The van der Waals surface area contributed by atoms with Crippen LogP contribution in [0.15, 0.2) is 24.3 Å². The molecule has 0 aromatic heterocycles. The first-order chi connectivity index (χ1) is 8.66. The van der Waals surface area contributed by atoms with Crippen LogP contribution >= 0.6 is 0 Å². The van der Waals surface area contributed by atoms with Gasteiger partial charge in [-0.3, -0.25) is 4.79 Å². The number of aliphatic carboxylic acids is 1. The van der Waals surface area contributed by atoms with Gasteiger partial charge in [-0.1, -0.05) is 31.4 Å². The molecule has 2 rings (SSSR count). The number of rotatable bonds is 2. The van der Waals surface area contributed by atoms with E-state index >= 15 is 0 Å². The predicted molar refractivity (Wildman–Crippen MR) is 68.5 cm³/mol. The molecular weight excluding hydrogens is 230 g/mol. The van der Waals surface area contributed by atoms with Crippen molar-refractivity contribution in [3.05, 3.63) is 29.8 Å². The average Bonchev–Trinajstić information content (AvgIpc) is 2.40. The summed E-state index contributed by atoms with van der Waals surface area (Å²) in [6, 6.07) is 7.50. The van der Waals surface area contributed by atoms with Crippen LogP contribution in [0.3, 0.4) is 0 Å². The Morgan fingerprint density at radius 2 is 1.67 bits per heavy atom. The second-order valence-electron chi connectivity index (χ2n) is 4.72. The normalized spacial score (nSPS) is 16.2. The van der Waals surface area contributed by atoms with Crippen molar-refractivity contribution in [2.24, 2.45) is 0 Å². The molecule has 1 aliphatic rings. The highest BCUT2D eigenvalue weighted by molar-refractivity contribution is 6.36. The van der Waals surface area contributed by atoms with Gasteiger partial charge in [0, 0.05) is 5.69 Å². The number of hydrogen-bond donors (Lipinski definition) is 2. The molecule has 0 saturated heterocycles. The number of carboxylic acids is 1. The molecule has 0 heterocycles. The van der Waals surface area contributed by atoms with Gasteiger partial charge in [0.25, 0.3) is 0 Å². The minimum absolute atomic E-state index is 0.530. The number of carboxylic acid groups (broad SMARTS) is 1. The first-order valence-electron chi connectivity index (χ1n) is 6.31. The van der Waals surface area contributed by atoms with Gasteiger partial charge in [0.15, 0.2) is 0 Å². The molecule has 0 atom stereocenters. The van der Waals surface area contributed by atoms with E-state index in [1.54, 1.807) is 12.1 Å². The fourth-order valence-electron chi connectivity index (χ4n) is 2.46. The molecule has 1 amide bonds. The van der Waals surface area contributed by atoms with Crippen LogP contribution in [0.1, 0.15) is 43.6 Å². The Morgan fingerprint density at radius 1 is 1.06 bits per heavy atom. The topological polar surface area (TPSA) is 66.4 Å². The third kappa shape index (κ3) is 3.09. The molecule has 1 fully saturated rings. The van der Waals surface area contributed by atoms with Gasteiger partial charge in [0.05, 0.1) is 0 Å². The Hall–Kier alpha value is -1.84. The lowest BCUT2D eigenvalue weighted by atomic mass is 9.84. The van der Waals surface area contributed by atoms with Gasteiger partial charge >= 0.3 is 11.9 Å². The van der Waals surface area contributed by atoms with Crippen LogP contribution in [0.25, 0.3) is 0 Å². The highest BCUT2D eigenvalue weighted by Crippen LogP contribution is 2.32. The Balaban J connectivity index is 2.00. The van der Waals surface area contributed by atoms with Crippen LogP contribution in [0.2, 0.25) is 0 Å². The molecule has 18 heavy (non-hydrogen) atoms. The molecule has 0 unspecified atom stereocenters. The number of anilines is 1. The van der Waals surface area contributed by atoms with E-state index in [9.17, 15) is 9.59 Å². The monoisotopic (exact) mass is 247 g/mol. The first-order valence-corrected chi connectivity index (χ1v) is 6.31. The molecule has 1 saturated carbocycles. The highest BCUT2D eigenvalue weighted by atomic mass is 16.4. The van der Waals surface area contributed by atoms with Gasteiger partial charge < -0.3 is 10.4 Å². The lowest BCUT2D eigenvalue weighted by Crippen LogP contribution is -2.21. The van der Waals surface area contributed by atoms with Crippen molar-refractivity contribution in [1.29, 1.82) is 0 Å². The standard InChI is InChI=1S/C14H17NO3/c16-13(14(17)18)15-12-8-6-11(7-9-12)10-4-2-1-3-5-10/h6-10H,1-5H2,(H,15,16)(H,17,18). The van der Waals surface area contributed by atoms with Crippen LogP contribution in [-0.4, -0.2) is 17.0 Å². The average molecular weight is 247 g/mol. The second-order valence-corrected chi connectivity index (χ2v) is 4.72. The highest BCUT2D eigenvalue weighted by Gasteiger charge is 2.16. The molecule has 2 N–H and O–H groups in total. The van der Waals surface area contributed by atoms with Crippen LogP contribution in [-0.2, 0) is 9.59 Å². The molecule has 1 aromatic carbocycles. The van der Waals surface area contributed by atoms with Crippen LogP contribution < -0.4 is 5.32 Å². The number of carbonyl (C=O) groups is 2. The molecule has 4 heteroatoms. The Labute approximate surface area is 106 Å². The summed E-state index contributed by atoms with van der Waals surface area (Å²) in [5.41, 5.74) is 1.81. The minimum atomic E-state index is -1.47. The van der Waals surface area contributed by atoms with Crippen molar-refractivity contribution in [3.8, 4) is 0 Å². The lowest BCUT2D eigenvalue weighted by molar-refractivity contribution is -0.147. The maximum atomic E-state index is 11.0. The van der Waals surface area contributed by atoms with E-state index in [1.165, 1.54) is 37.7 Å². The third-order valence-electron chi connectivity index (χ3n) is 3.44. The van der Waals surface area contributed by atoms with E-state index in [4.69, 9.17) is 5.11 Å². The summed E-state index contributed by atoms with van der Waals surface area (Å²) in [6.45, 7) is 0. The third-order valence-corrected chi connectivity index (χ3v) is 3.44. The van der Waals surface area contributed by atoms with Crippen molar-refractivity contribution in [3.63, 3.8) is 0 Å². The van der Waals surface area contributed by atoms with Crippen molar-refractivity contribution >= 4 is 17.6 Å². The zero-order chi connectivity index (χ0) is 13.0. The lowest BCUT2D eigenvalue weighted by Gasteiger charge is -2.22. The Bertz CT molecular complexity index is 433. The van der Waals surface area contributed by atoms with E-state index in [2.05, 4.69) is 5.32 Å². The summed E-state index contributed by atoms with van der Waals surface area (Å²) in [6.07, 6.45) is 6.33. The summed E-state index contributed by atoms with van der Waals surface area (Å²) < 4.78 is 0. The fraction of sp³-hybridized carbons (Fsp3) is 0.429. The number of carbonyl (C=O) groups excluding carboxylic acids is 1. The first kappa shape index (κ1) is 12.6. The fourth-order valence-corrected chi connectivity index (χ4v) is 2.46. The van der Waals surface area contributed by atoms with E-state index in [0.717, 1.165) is 0 Å². The van der Waals surface area contributed by atoms with Crippen molar-refractivity contribution in [2.45, 2.75) is 38.0 Å². The van der Waals surface area contributed by atoms with Gasteiger partial charge in [-0.2, -0.15) is 0 Å². The summed E-state index contributed by atoms with van der Waals surface area (Å²) in [4.78, 5) is 21.4. The number of benzene rings is 1. The van der Waals surface area contributed by atoms with E-state index in [1.807, 2.05) is 12.1 Å². The Kier molecular flexibility index (Phi) is 3.97. The van der Waals surface area contributed by atoms with Gasteiger partial charge in [-0.15, -0.1) is 0 Å². The van der Waals surface area contributed by atoms with Crippen molar-refractivity contribution < 1.29 is 14.7 Å². The summed E-state index contributed by atoms with van der Waals surface area (Å²) in [5, 5.41) is 10.8. The molecule has 1 aromatic rings. The Morgan fingerprint density at radius 3 is 2.22 bits per heavy atom. The maximum Gasteiger partial charge on any atom is 0.394 e. The zero-order valence-electron chi connectivity index (χ0n) is 10.2. The van der Waals surface area contributed by atoms with Crippen LogP contribution in [0.4, 0.5) is 5.69 Å². The molecule has 0 bridgehead atoms. The summed E-state index contributed by atoms with van der Waals surface area (Å²) in [7, 11) is 0. The second kappa shape index (κ2) is 5.67. The SMILES string of the molecule is O=C(O)C(=O)Nc1ccc(C2CCCCC2)cc1. The molecule has 4 nitrogen and oxygen atoms in total. The quantitative estimate of drug-likeness (QED) is 0.790. The summed E-state index contributed by atoms with van der Waals surface area (Å²) in [5.74, 6) is -1.85. The van der Waals surface area contributed by atoms with Crippen LogP contribution in [0.5, 0.6) is 0 Å². The molecule has 96 valence electrons. The van der Waals surface area contributed by atoms with Crippen LogP contribution in [0, 0.1) is 0 Å². The molecular formula is C14H17NO3. The molecule has 0 radical (unpaired) electrons. The number of nitrogens with one attached hydrogen (secondary N) is 1. The van der Waals surface area contributed by atoms with E-state index in [0.29, 0.717) is 11.6 Å². The zero-order valence-corrected chi connectivity index (χ0v) is 10.2. The predicted octanol–water partition coefficient (Wildman–Crippen LogP) is 2.76. The summed E-state index contributed by atoms with van der Waals surface area (Å²) >= 11 is 0. The van der Waals surface area contributed by atoms with E-state index < -0.39 is 11.9 Å². The molecule has 0 aliphatic heterocycles. The molecule has 0 spiro atoms. The van der Waals surface area contributed by atoms with Crippen molar-refractivity contribution in [2.75, 3.05) is 5.32 Å². The number of hydrogen-bond acceptors (Lipinski definition) is 2. The minimum Gasteiger partial charge on any atom is -0.474 e.